The molecule has 250 valence electrons. The molecular weight excluding hydrogens is 566 g/mol. The normalized spacial score (nSPS) is 11.3. The number of carboxylic acids is 1. The highest BCUT2D eigenvalue weighted by Crippen LogP contribution is 1.87. The molecule has 16 heteroatoms. The quantitative estimate of drug-likeness (QED) is 0.0679. The first-order chi connectivity index (χ1) is 20.7. The van der Waals surface area contributed by atoms with Gasteiger partial charge < -0.3 is 67.6 Å². The van der Waals surface area contributed by atoms with Crippen LogP contribution in [-0.2, 0) is 61.7 Å². The van der Waals surface area contributed by atoms with Crippen molar-refractivity contribution in [2.45, 2.75) is 0 Å². The molecule has 0 aliphatic carbocycles. The number of aliphatic carboxylic acids is 1. The molecule has 0 rings (SSSR count). The molecule has 0 aliphatic heterocycles. The predicted octanol–water partition coefficient (Wildman–Crippen LogP) is -1.64. The van der Waals surface area contributed by atoms with Crippen LogP contribution in [0, 0.1) is 0 Å². The highest BCUT2D eigenvalue weighted by Gasteiger charge is 2.03. The molecule has 0 bridgehead atoms. The summed E-state index contributed by atoms with van der Waals surface area (Å²) >= 11 is 0. The number of ether oxygens (including phenoxy) is 11. The number of hydrogen-bond donors (Lipinski definition) is 3. The van der Waals surface area contributed by atoms with E-state index < -0.39 is 18.5 Å². The second kappa shape index (κ2) is 35.7. The molecule has 0 saturated heterocycles. The third-order valence-corrected chi connectivity index (χ3v) is 4.61. The van der Waals surface area contributed by atoms with Crippen LogP contribution in [0.4, 0.5) is 0 Å². The molecular formula is C26H51NO15. The van der Waals surface area contributed by atoms with Gasteiger partial charge in [0.05, 0.1) is 139 Å². The van der Waals surface area contributed by atoms with E-state index in [-0.39, 0.29) is 13.2 Å². The van der Waals surface area contributed by atoms with Crippen LogP contribution in [0.15, 0.2) is 0 Å². The van der Waals surface area contributed by atoms with Gasteiger partial charge in [-0.3, -0.25) is 4.79 Å². The van der Waals surface area contributed by atoms with Gasteiger partial charge in [-0.15, -0.1) is 0 Å². The lowest BCUT2D eigenvalue weighted by atomic mass is 10.6. The number of hydrogen-bond acceptors (Lipinski definition) is 14. The van der Waals surface area contributed by atoms with Crippen LogP contribution in [0.1, 0.15) is 0 Å². The van der Waals surface area contributed by atoms with Gasteiger partial charge in [0, 0.05) is 6.54 Å². The van der Waals surface area contributed by atoms with Crippen molar-refractivity contribution in [3.05, 3.63) is 0 Å². The zero-order valence-corrected chi connectivity index (χ0v) is 24.7. The molecule has 0 aromatic rings. The maximum Gasteiger partial charge on any atom is 0.329 e. The Bertz CT molecular complexity index is 574. The highest BCUT2D eigenvalue weighted by atomic mass is 16.6. The summed E-state index contributed by atoms with van der Waals surface area (Å²) in [6.45, 7) is 8.51. The Kier molecular flexibility index (Phi) is 34.3. The Hall–Kier alpha value is -1.54. The Morgan fingerprint density at radius 3 is 0.976 bits per heavy atom. The largest absolute Gasteiger partial charge is 0.480 e. The van der Waals surface area contributed by atoms with E-state index >= 15 is 0 Å². The lowest BCUT2D eigenvalue weighted by Crippen LogP contribution is -2.31. The van der Waals surface area contributed by atoms with Gasteiger partial charge in [0.1, 0.15) is 13.2 Å². The van der Waals surface area contributed by atoms with E-state index in [1.54, 1.807) is 0 Å². The number of amides is 1. The van der Waals surface area contributed by atoms with Crippen molar-refractivity contribution < 1.29 is 71.9 Å². The minimum atomic E-state index is -1.12. The average molecular weight is 618 g/mol. The molecule has 0 heterocycles. The topological polar surface area (TPSA) is 188 Å². The second-order valence-corrected chi connectivity index (χ2v) is 8.08. The number of aliphatic hydroxyl groups is 1. The zero-order chi connectivity index (χ0) is 30.6. The van der Waals surface area contributed by atoms with Gasteiger partial charge in [0.2, 0.25) is 5.91 Å². The molecule has 42 heavy (non-hydrogen) atoms. The first-order valence-electron chi connectivity index (χ1n) is 14.1. The lowest BCUT2D eigenvalue weighted by Gasteiger charge is -2.09. The van der Waals surface area contributed by atoms with Gasteiger partial charge in [-0.2, -0.15) is 0 Å². The zero-order valence-electron chi connectivity index (χ0n) is 24.7. The molecule has 0 aliphatic rings. The molecule has 0 atom stereocenters. The molecule has 0 fully saturated rings. The molecule has 0 spiro atoms. The Labute approximate surface area is 248 Å². The summed E-state index contributed by atoms with van der Waals surface area (Å²) in [5, 5.41) is 19.5. The summed E-state index contributed by atoms with van der Waals surface area (Å²) in [6, 6.07) is 0. The van der Waals surface area contributed by atoms with Gasteiger partial charge >= 0.3 is 5.97 Å². The smallest absolute Gasteiger partial charge is 0.329 e. The van der Waals surface area contributed by atoms with Crippen LogP contribution in [0.2, 0.25) is 0 Å². The molecule has 0 radical (unpaired) electrons. The highest BCUT2D eigenvalue weighted by molar-refractivity contribution is 5.77. The van der Waals surface area contributed by atoms with E-state index in [1.165, 1.54) is 0 Å². The fraction of sp³-hybridized carbons (Fsp3) is 0.923. The molecule has 1 amide bonds. The minimum Gasteiger partial charge on any atom is -0.480 e. The third kappa shape index (κ3) is 36.5. The van der Waals surface area contributed by atoms with Crippen LogP contribution < -0.4 is 5.32 Å². The molecule has 0 saturated carbocycles. The van der Waals surface area contributed by atoms with E-state index in [0.717, 1.165) is 0 Å². The van der Waals surface area contributed by atoms with Crippen molar-refractivity contribution in [3.8, 4) is 0 Å². The van der Waals surface area contributed by atoms with E-state index in [9.17, 15) is 9.59 Å². The minimum absolute atomic E-state index is 0.0168. The van der Waals surface area contributed by atoms with E-state index in [1.807, 2.05) is 0 Å². The Morgan fingerprint density at radius 2 is 0.690 bits per heavy atom. The van der Waals surface area contributed by atoms with Crippen molar-refractivity contribution >= 4 is 11.9 Å². The van der Waals surface area contributed by atoms with E-state index in [4.69, 9.17) is 57.6 Å². The Balaban J connectivity index is 3.08. The fourth-order valence-corrected chi connectivity index (χ4v) is 2.69. The lowest BCUT2D eigenvalue weighted by molar-refractivity contribution is -0.143. The van der Waals surface area contributed by atoms with Gasteiger partial charge in [-0.25, -0.2) is 4.79 Å². The summed E-state index contributed by atoms with van der Waals surface area (Å²) in [5.74, 6) is -1.52. The van der Waals surface area contributed by atoms with Crippen LogP contribution >= 0.6 is 0 Å². The second-order valence-electron chi connectivity index (χ2n) is 8.08. The van der Waals surface area contributed by atoms with Crippen molar-refractivity contribution in [2.24, 2.45) is 0 Å². The fourth-order valence-electron chi connectivity index (χ4n) is 2.69. The number of carbonyl (C=O) groups excluding carboxylic acids is 1. The van der Waals surface area contributed by atoms with Crippen molar-refractivity contribution in [3.63, 3.8) is 0 Å². The van der Waals surface area contributed by atoms with Gasteiger partial charge in [0.15, 0.2) is 0 Å². The summed E-state index contributed by atoms with van der Waals surface area (Å²) in [5.41, 5.74) is 0. The molecule has 0 aromatic heterocycles. The SMILES string of the molecule is O=C(O)COCC(=O)NCCOCCOCCOCCOCCOCCOCCOCCOCCOCCOCCO. The third-order valence-electron chi connectivity index (χ3n) is 4.61. The summed E-state index contributed by atoms with van der Waals surface area (Å²) in [4.78, 5) is 21.6. The first-order valence-corrected chi connectivity index (χ1v) is 14.1. The predicted molar refractivity (Wildman–Crippen MR) is 147 cm³/mol. The number of carbonyl (C=O) groups is 2. The summed E-state index contributed by atoms with van der Waals surface area (Å²) in [6.07, 6.45) is 0. The monoisotopic (exact) mass is 617 g/mol. The van der Waals surface area contributed by atoms with Gasteiger partial charge in [0.25, 0.3) is 0 Å². The number of carboxylic acid groups (broad SMARTS) is 1. The van der Waals surface area contributed by atoms with Crippen molar-refractivity contribution in [2.75, 3.05) is 159 Å². The first kappa shape index (κ1) is 40.5. The number of aliphatic hydroxyl groups excluding tert-OH is 1. The van der Waals surface area contributed by atoms with Crippen molar-refractivity contribution in [1.29, 1.82) is 0 Å². The van der Waals surface area contributed by atoms with Crippen LogP contribution in [-0.4, -0.2) is 181 Å². The Morgan fingerprint density at radius 1 is 0.405 bits per heavy atom. The maximum absolute atomic E-state index is 11.3. The summed E-state index contributed by atoms with van der Waals surface area (Å²) in [7, 11) is 0. The van der Waals surface area contributed by atoms with E-state index in [0.29, 0.717) is 139 Å². The van der Waals surface area contributed by atoms with Crippen LogP contribution in [0.5, 0.6) is 0 Å². The number of nitrogens with one attached hydrogen (secondary N) is 1. The molecule has 16 nitrogen and oxygen atoms in total. The standard InChI is InChI=1S/C26H51NO15/c28-2-4-33-6-8-35-10-12-37-14-16-39-18-20-41-22-21-40-19-17-38-15-13-36-11-9-34-7-5-32-3-1-27-25(29)23-42-24-26(30)31/h28H,1-24H2,(H,27,29)(H,30,31). The maximum atomic E-state index is 11.3. The van der Waals surface area contributed by atoms with E-state index in [2.05, 4.69) is 10.1 Å². The average Bonchev–Trinajstić information content (AvgIpc) is 2.97. The van der Waals surface area contributed by atoms with Crippen LogP contribution in [0.3, 0.4) is 0 Å². The number of rotatable bonds is 36. The van der Waals surface area contributed by atoms with Gasteiger partial charge in [-0.05, 0) is 0 Å². The molecule has 3 N–H and O–H groups in total. The van der Waals surface area contributed by atoms with Crippen molar-refractivity contribution in [1.82, 2.24) is 5.32 Å². The molecule has 0 aromatic carbocycles. The molecule has 0 unspecified atom stereocenters. The van der Waals surface area contributed by atoms with Crippen LogP contribution in [0.25, 0.3) is 0 Å². The van der Waals surface area contributed by atoms with Gasteiger partial charge in [-0.1, -0.05) is 0 Å². The summed E-state index contributed by atoms with van der Waals surface area (Å²) < 4.78 is 58.2.